The summed E-state index contributed by atoms with van der Waals surface area (Å²) in [4.78, 5) is 15.9. The molecular formula is C12H7Br2FN2O. The number of nitrogens with zero attached hydrogens (tertiary/aromatic N) is 1. The first-order chi connectivity index (χ1) is 8.58. The maximum atomic E-state index is 13.1. The Bertz CT molecular complexity index is 604. The van der Waals surface area contributed by atoms with E-state index < -0.39 is 5.82 Å². The van der Waals surface area contributed by atoms with Crippen LogP contribution in [0, 0.1) is 5.82 Å². The minimum absolute atomic E-state index is 0.360. The van der Waals surface area contributed by atoms with Gasteiger partial charge in [-0.15, -0.1) is 0 Å². The molecule has 1 amide bonds. The number of aromatic nitrogens is 1. The van der Waals surface area contributed by atoms with Crippen LogP contribution >= 0.6 is 31.9 Å². The van der Waals surface area contributed by atoms with Gasteiger partial charge in [0.2, 0.25) is 0 Å². The minimum atomic E-state index is -0.418. The quantitative estimate of drug-likeness (QED) is 0.808. The van der Waals surface area contributed by atoms with E-state index in [9.17, 15) is 9.18 Å². The smallest absolute Gasteiger partial charge is 0.258 e. The second kappa shape index (κ2) is 5.58. The summed E-state index contributed by atoms with van der Waals surface area (Å²) in [7, 11) is 0. The molecule has 0 saturated heterocycles. The van der Waals surface area contributed by atoms with Gasteiger partial charge in [-0.2, -0.15) is 0 Å². The van der Waals surface area contributed by atoms with Gasteiger partial charge in [-0.05, 0) is 62.2 Å². The first-order valence-electron chi connectivity index (χ1n) is 4.95. The third-order valence-electron chi connectivity index (χ3n) is 2.18. The maximum Gasteiger partial charge on any atom is 0.258 e. The molecule has 3 nitrogen and oxygen atoms in total. The van der Waals surface area contributed by atoms with Gasteiger partial charge in [0.05, 0.1) is 11.3 Å². The molecule has 1 heterocycles. The minimum Gasteiger partial charge on any atom is -0.321 e. The molecule has 0 fully saturated rings. The van der Waals surface area contributed by atoms with Crippen molar-refractivity contribution >= 4 is 43.5 Å². The second-order valence-electron chi connectivity index (χ2n) is 3.42. The summed E-state index contributed by atoms with van der Waals surface area (Å²) in [6.45, 7) is 0. The van der Waals surface area contributed by atoms with Crippen LogP contribution in [-0.2, 0) is 0 Å². The molecule has 0 atom stereocenters. The van der Waals surface area contributed by atoms with Crippen LogP contribution in [0.2, 0.25) is 0 Å². The Balaban J connectivity index is 2.27. The number of halogens is 3. The lowest BCUT2D eigenvalue weighted by Crippen LogP contribution is -2.13. The number of carbonyl (C=O) groups excluding carboxylic acids is 1. The summed E-state index contributed by atoms with van der Waals surface area (Å²) >= 11 is 6.43. The Labute approximate surface area is 120 Å². The topological polar surface area (TPSA) is 42.0 Å². The third kappa shape index (κ3) is 2.94. The number of nitrogens with one attached hydrogen (secondary N) is 1. The van der Waals surface area contributed by atoms with E-state index in [1.54, 1.807) is 18.3 Å². The van der Waals surface area contributed by atoms with Gasteiger partial charge in [0.25, 0.3) is 5.91 Å². The largest absolute Gasteiger partial charge is 0.321 e. The van der Waals surface area contributed by atoms with Gasteiger partial charge in [0.15, 0.2) is 0 Å². The summed E-state index contributed by atoms with van der Waals surface area (Å²) in [5.41, 5.74) is 0.754. The predicted octanol–water partition coefficient (Wildman–Crippen LogP) is 4.00. The fourth-order valence-electron chi connectivity index (χ4n) is 1.34. The number of anilines is 1. The normalized spacial score (nSPS) is 10.2. The van der Waals surface area contributed by atoms with Crippen LogP contribution in [-0.4, -0.2) is 10.9 Å². The van der Waals surface area contributed by atoms with Crippen LogP contribution < -0.4 is 5.32 Å². The van der Waals surface area contributed by atoms with Crippen LogP contribution in [0.4, 0.5) is 10.1 Å². The molecule has 0 saturated carbocycles. The SMILES string of the molecule is O=C(Nc1cc(F)ccc1Br)c1cccnc1Br. The number of benzene rings is 1. The highest BCUT2D eigenvalue weighted by molar-refractivity contribution is 9.10. The Hall–Kier alpha value is -1.27. The van der Waals surface area contributed by atoms with Crippen molar-refractivity contribution in [2.75, 3.05) is 5.32 Å². The van der Waals surface area contributed by atoms with Crippen molar-refractivity contribution in [3.63, 3.8) is 0 Å². The van der Waals surface area contributed by atoms with Crippen molar-refractivity contribution in [2.24, 2.45) is 0 Å². The standard InChI is InChI=1S/C12H7Br2FN2O/c13-9-4-3-7(15)6-10(9)17-12(18)8-2-1-5-16-11(8)14/h1-6H,(H,17,18). The third-order valence-corrected chi connectivity index (χ3v) is 3.50. The molecule has 0 aliphatic heterocycles. The first kappa shape index (κ1) is 13.2. The Morgan fingerprint density at radius 1 is 1.28 bits per heavy atom. The van der Waals surface area contributed by atoms with E-state index in [-0.39, 0.29) is 5.91 Å². The van der Waals surface area contributed by atoms with Crippen molar-refractivity contribution in [2.45, 2.75) is 0 Å². The van der Waals surface area contributed by atoms with E-state index in [1.807, 2.05) is 0 Å². The first-order valence-corrected chi connectivity index (χ1v) is 6.53. The van der Waals surface area contributed by atoms with E-state index >= 15 is 0 Å². The molecule has 6 heteroatoms. The number of amides is 1. The maximum absolute atomic E-state index is 13.1. The summed E-state index contributed by atoms with van der Waals surface area (Å²) in [6, 6.07) is 7.36. The molecule has 1 aromatic heterocycles. The zero-order valence-electron chi connectivity index (χ0n) is 8.95. The Kier molecular flexibility index (Phi) is 4.08. The summed E-state index contributed by atoms with van der Waals surface area (Å²) in [6.07, 6.45) is 1.57. The molecule has 0 spiro atoms. The molecule has 0 unspecified atom stereocenters. The lowest BCUT2D eigenvalue weighted by atomic mass is 10.2. The highest BCUT2D eigenvalue weighted by Gasteiger charge is 2.12. The van der Waals surface area contributed by atoms with Gasteiger partial charge < -0.3 is 5.32 Å². The fraction of sp³-hybridized carbons (Fsp3) is 0. The van der Waals surface area contributed by atoms with Gasteiger partial charge >= 0.3 is 0 Å². The van der Waals surface area contributed by atoms with Crippen molar-refractivity contribution in [1.29, 1.82) is 0 Å². The van der Waals surface area contributed by atoms with Crippen molar-refractivity contribution in [1.82, 2.24) is 4.98 Å². The summed E-state index contributed by atoms with van der Waals surface area (Å²) < 4.78 is 14.1. The molecule has 0 aliphatic carbocycles. The fourth-order valence-corrected chi connectivity index (χ4v) is 2.11. The summed E-state index contributed by atoms with van der Waals surface area (Å²) in [5.74, 6) is -0.778. The molecule has 0 radical (unpaired) electrons. The van der Waals surface area contributed by atoms with E-state index in [4.69, 9.17) is 0 Å². The average Bonchev–Trinajstić information content (AvgIpc) is 2.34. The molecular weight excluding hydrogens is 367 g/mol. The number of rotatable bonds is 2. The van der Waals surface area contributed by atoms with Crippen LogP contribution in [0.3, 0.4) is 0 Å². The lowest BCUT2D eigenvalue weighted by molar-refractivity contribution is 0.102. The van der Waals surface area contributed by atoms with Gasteiger partial charge in [-0.3, -0.25) is 4.79 Å². The zero-order chi connectivity index (χ0) is 13.1. The summed E-state index contributed by atoms with van der Waals surface area (Å²) in [5, 5.41) is 2.61. The molecule has 2 aromatic rings. The van der Waals surface area contributed by atoms with Gasteiger partial charge in [-0.1, -0.05) is 0 Å². The second-order valence-corrected chi connectivity index (χ2v) is 5.03. The number of hydrogen-bond acceptors (Lipinski definition) is 2. The monoisotopic (exact) mass is 372 g/mol. The number of carbonyl (C=O) groups is 1. The van der Waals surface area contributed by atoms with Gasteiger partial charge in [0.1, 0.15) is 10.4 Å². The number of hydrogen-bond donors (Lipinski definition) is 1. The Morgan fingerprint density at radius 3 is 2.78 bits per heavy atom. The molecule has 2 rings (SSSR count). The van der Waals surface area contributed by atoms with Gasteiger partial charge in [0, 0.05) is 10.7 Å². The lowest BCUT2D eigenvalue weighted by Gasteiger charge is -2.08. The highest BCUT2D eigenvalue weighted by Crippen LogP contribution is 2.24. The number of pyridine rings is 1. The van der Waals surface area contributed by atoms with Crippen LogP contribution in [0.25, 0.3) is 0 Å². The van der Waals surface area contributed by atoms with Crippen molar-refractivity contribution in [3.05, 3.63) is 57.0 Å². The van der Waals surface area contributed by atoms with Gasteiger partial charge in [-0.25, -0.2) is 9.37 Å². The van der Waals surface area contributed by atoms with E-state index in [0.717, 1.165) is 0 Å². The predicted molar refractivity (Wildman–Crippen MR) is 74.0 cm³/mol. The van der Waals surface area contributed by atoms with Crippen molar-refractivity contribution in [3.8, 4) is 0 Å². The van der Waals surface area contributed by atoms with Crippen LogP contribution in [0.5, 0.6) is 0 Å². The Morgan fingerprint density at radius 2 is 2.06 bits per heavy atom. The van der Waals surface area contributed by atoms with Crippen molar-refractivity contribution < 1.29 is 9.18 Å². The van der Waals surface area contributed by atoms with Crippen LogP contribution in [0.15, 0.2) is 45.6 Å². The molecule has 1 N–H and O–H groups in total. The van der Waals surface area contributed by atoms with E-state index in [1.165, 1.54) is 18.2 Å². The average molecular weight is 374 g/mol. The highest BCUT2D eigenvalue weighted by atomic mass is 79.9. The van der Waals surface area contributed by atoms with E-state index in [2.05, 4.69) is 42.2 Å². The molecule has 1 aromatic carbocycles. The van der Waals surface area contributed by atoms with Crippen LogP contribution in [0.1, 0.15) is 10.4 Å². The van der Waals surface area contributed by atoms with E-state index in [0.29, 0.717) is 20.3 Å². The molecule has 18 heavy (non-hydrogen) atoms. The molecule has 92 valence electrons. The molecule has 0 aliphatic rings. The zero-order valence-corrected chi connectivity index (χ0v) is 12.1. The molecule has 0 bridgehead atoms.